The summed E-state index contributed by atoms with van der Waals surface area (Å²) >= 11 is 0. The van der Waals surface area contributed by atoms with E-state index < -0.39 is 0 Å². The molecule has 4 nitrogen and oxygen atoms in total. The summed E-state index contributed by atoms with van der Waals surface area (Å²) in [5.41, 5.74) is 6.14. The smallest absolute Gasteiger partial charge is 0.218 e. The van der Waals surface area contributed by atoms with Crippen LogP contribution < -0.4 is 15.8 Å². The second-order valence-corrected chi connectivity index (χ2v) is 3.24. The molecule has 0 aliphatic rings. The van der Waals surface area contributed by atoms with Crippen LogP contribution in [-0.2, 0) is 11.3 Å². The van der Waals surface area contributed by atoms with Crippen molar-refractivity contribution in [3.05, 3.63) is 29.8 Å². The lowest BCUT2D eigenvalue weighted by Crippen LogP contribution is -2.21. The molecule has 1 aromatic carbocycles. The maximum atomic E-state index is 10.5. The molecule has 4 heteroatoms. The maximum absolute atomic E-state index is 10.5. The fourth-order valence-corrected chi connectivity index (χ4v) is 1.23. The third-order valence-corrected chi connectivity index (χ3v) is 2.01. The molecular weight excluding hydrogens is 192 g/mol. The van der Waals surface area contributed by atoms with Gasteiger partial charge in [0, 0.05) is 19.5 Å². The summed E-state index contributed by atoms with van der Waals surface area (Å²) in [6.45, 7) is 1.32. The van der Waals surface area contributed by atoms with Gasteiger partial charge in [-0.3, -0.25) is 4.79 Å². The molecule has 15 heavy (non-hydrogen) atoms. The fraction of sp³-hybridized carbons (Fsp3) is 0.364. The first kappa shape index (κ1) is 11.5. The number of nitrogens with one attached hydrogen (secondary N) is 1. The number of primary amides is 1. The number of carbonyl (C=O) groups is 1. The summed E-state index contributed by atoms with van der Waals surface area (Å²) in [7, 11) is 1.64. The minimum absolute atomic E-state index is 0.284. The molecule has 0 fully saturated rings. The summed E-state index contributed by atoms with van der Waals surface area (Å²) in [6.07, 6.45) is 0.365. The van der Waals surface area contributed by atoms with Gasteiger partial charge in [0.05, 0.1) is 7.11 Å². The maximum Gasteiger partial charge on any atom is 0.218 e. The van der Waals surface area contributed by atoms with Crippen LogP contribution in [-0.4, -0.2) is 19.6 Å². The van der Waals surface area contributed by atoms with Gasteiger partial charge < -0.3 is 15.8 Å². The lowest BCUT2D eigenvalue weighted by molar-refractivity contribution is -0.117. The average molecular weight is 208 g/mol. The van der Waals surface area contributed by atoms with Gasteiger partial charge in [-0.15, -0.1) is 0 Å². The summed E-state index contributed by atoms with van der Waals surface area (Å²) < 4.78 is 5.10. The standard InChI is InChI=1S/C11H16N2O2/c1-15-10-4-2-3-9(7-10)8-13-6-5-11(12)14/h2-4,7,13H,5-6,8H2,1H3,(H2,12,14). The van der Waals surface area contributed by atoms with Crippen LogP contribution in [0.1, 0.15) is 12.0 Å². The van der Waals surface area contributed by atoms with Crippen molar-refractivity contribution in [2.45, 2.75) is 13.0 Å². The van der Waals surface area contributed by atoms with E-state index in [2.05, 4.69) is 5.32 Å². The van der Waals surface area contributed by atoms with Crippen LogP contribution in [0.15, 0.2) is 24.3 Å². The first-order valence-electron chi connectivity index (χ1n) is 4.84. The number of hydrogen-bond donors (Lipinski definition) is 2. The van der Waals surface area contributed by atoms with Gasteiger partial charge in [-0.25, -0.2) is 0 Å². The second-order valence-electron chi connectivity index (χ2n) is 3.24. The van der Waals surface area contributed by atoms with Crippen molar-refractivity contribution in [2.24, 2.45) is 5.73 Å². The molecule has 0 heterocycles. The first-order chi connectivity index (χ1) is 7.22. The van der Waals surface area contributed by atoms with Crippen LogP contribution in [0.4, 0.5) is 0 Å². The second kappa shape index (κ2) is 6.03. The van der Waals surface area contributed by atoms with E-state index >= 15 is 0 Å². The molecule has 0 unspecified atom stereocenters. The average Bonchev–Trinajstić information content (AvgIpc) is 2.24. The molecule has 0 aromatic heterocycles. The number of ether oxygens (including phenoxy) is 1. The lowest BCUT2D eigenvalue weighted by Gasteiger charge is -2.05. The van der Waals surface area contributed by atoms with Gasteiger partial charge in [0.2, 0.25) is 5.91 Å². The Morgan fingerprint density at radius 1 is 1.53 bits per heavy atom. The van der Waals surface area contributed by atoms with E-state index in [0.29, 0.717) is 19.5 Å². The molecule has 0 atom stereocenters. The van der Waals surface area contributed by atoms with Gasteiger partial charge in [0.1, 0.15) is 5.75 Å². The summed E-state index contributed by atoms with van der Waals surface area (Å²) in [6, 6.07) is 7.79. The van der Waals surface area contributed by atoms with Crippen molar-refractivity contribution in [1.82, 2.24) is 5.32 Å². The summed E-state index contributed by atoms with van der Waals surface area (Å²) in [5, 5.41) is 3.13. The zero-order valence-electron chi connectivity index (χ0n) is 8.82. The first-order valence-corrected chi connectivity index (χ1v) is 4.84. The summed E-state index contributed by atoms with van der Waals surface area (Å²) in [4.78, 5) is 10.5. The molecule has 1 amide bonds. The van der Waals surface area contributed by atoms with Crippen LogP contribution >= 0.6 is 0 Å². The number of rotatable bonds is 6. The van der Waals surface area contributed by atoms with Gasteiger partial charge in [-0.05, 0) is 17.7 Å². The number of benzene rings is 1. The largest absolute Gasteiger partial charge is 0.497 e. The monoisotopic (exact) mass is 208 g/mol. The Kier molecular flexibility index (Phi) is 4.63. The van der Waals surface area contributed by atoms with Gasteiger partial charge >= 0.3 is 0 Å². The summed E-state index contributed by atoms with van der Waals surface area (Å²) in [5.74, 6) is 0.553. The Labute approximate surface area is 89.4 Å². The molecule has 1 aromatic rings. The van der Waals surface area contributed by atoms with E-state index in [-0.39, 0.29) is 5.91 Å². The quantitative estimate of drug-likeness (QED) is 0.675. The topological polar surface area (TPSA) is 64.3 Å². The zero-order valence-corrected chi connectivity index (χ0v) is 8.82. The molecule has 3 N–H and O–H groups in total. The molecule has 0 saturated carbocycles. The molecule has 0 saturated heterocycles. The number of carbonyl (C=O) groups excluding carboxylic acids is 1. The molecule has 0 aliphatic heterocycles. The van der Waals surface area contributed by atoms with Crippen molar-refractivity contribution >= 4 is 5.91 Å². The molecule has 1 rings (SSSR count). The van der Waals surface area contributed by atoms with Crippen molar-refractivity contribution in [3.8, 4) is 5.75 Å². The molecule has 0 spiro atoms. The van der Waals surface area contributed by atoms with E-state index in [1.807, 2.05) is 24.3 Å². The fourth-order valence-electron chi connectivity index (χ4n) is 1.23. The van der Waals surface area contributed by atoms with E-state index in [0.717, 1.165) is 11.3 Å². The molecular formula is C11H16N2O2. The van der Waals surface area contributed by atoms with Gasteiger partial charge in [-0.1, -0.05) is 12.1 Å². The Morgan fingerprint density at radius 3 is 3.00 bits per heavy atom. The minimum atomic E-state index is -0.284. The van der Waals surface area contributed by atoms with Crippen molar-refractivity contribution in [1.29, 1.82) is 0 Å². The number of methoxy groups -OCH3 is 1. The van der Waals surface area contributed by atoms with Crippen molar-refractivity contribution < 1.29 is 9.53 Å². The predicted octanol–water partition coefficient (Wildman–Crippen LogP) is 0.660. The zero-order chi connectivity index (χ0) is 11.1. The van der Waals surface area contributed by atoms with Crippen molar-refractivity contribution in [2.75, 3.05) is 13.7 Å². The lowest BCUT2D eigenvalue weighted by atomic mass is 10.2. The van der Waals surface area contributed by atoms with Gasteiger partial charge in [0.15, 0.2) is 0 Å². The Morgan fingerprint density at radius 2 is 2.33 bits per heavy atom. The number of nitrogens with two attached hydrogens (primary N) is 1. The van der Waals surface area contributed by atoms with E-state index in [4.69, 9.17) is 10.5 Å². The molecule has 82 valence electrons. The Bertz CT molecular complexity index is 326. The number of hydrogen-bond acceptors (Lipinski definition) is 3. The SMILES string of the molecule is COc1cccc(CNCCC(N)=O)c1. The third-order valence-electron chi connectivity index (χ3n) is 2.01. The van der Waals surface area contributed by atoms with E-state index in [1.165, 1.54) is 0 Å². The Hall–Kier alpha value is -1.55. The van der Waals surface area contributed by atoms with Crippen LogP contribution in [0.5, 0.6) is 5.75 Å². The highest BCUT2D eigenvalue weighted by molar-refractivity contribution is 5.73. The number of amides is 1. The molecule has 0 bridgehead atoms. The highest BCUT2D eigenvalue weighted by Crippen LogP contribution is 2.11. The van der Waals surface area contributed by atoms with E-state index in [1.54, 1.807) is 7.11 Å². The normalized spacial score (nSPS) is 9.93. The van der Waals surface area contributed by atoms with Crippen LogP contribution in [0.25, 0.3) is 0 Å². The van der Waals surface area contributed by atoms with E-state index in [9.17, 15) is 4.79 Å². The highest BCUT2D eigenvalue weighted by Gasteiger charge is 1.96. The van der Waals surface area contributed by atoms with Crippen molar-refractivity contribution in [3.63, 3.8) is 0 Å². The molecule has 0 aliphatic carbocycles. The van der Waals surface area contributed by atoms with Crippen LogP contribution in [0.3, 0.4) is 0 Å². The third kappa shape index (κ3) is 4.46. The highest BCUT2D eigenvalue weighted by atomic mass is 16.5. The Balaban J connectivity index is 2.33. The van der Waals surface area contributed by atoms with Gasteiger partial charge in [0.25, 0.3) is 0 Å². The van der Waals surface area contributed by atoms with Crippen LogP contribution in [0, 0.1) is 0 Å². The predicted molar refractivity (Wildman–Crippen MR) is 58.5 cm³/mol. The molecule has 0 radical (unpaired) electrons. The van der Waals surface area contributed by atoms with Crippen LogP contribution in [0.2, 0.25) is 0 Å². The minimum Gasteiger partial charge on any atom is -0.497 e. The van der Waals surface area contributed by atoms with Gasteiger partial charge in [-0.2, -0.15) is 0 Å².